The van der Waals surface area contributed by atoms with E-state index < -0.39 is 0 Å². The summed E-state index contributed by atoms with van der Waals surface area (Å²) >= 11 is 0. The second-order valence-electron chi connectivity index (χ2n) is 9.31. The van der Waals surface area contributed by atoms with E-state index in [0.717, 1.165) is 17.6 Å². The molecular weight excluding hydrogens is 576 g/mol. The number of carbonyl (C=O) groups excluding carboxylic acids is 1. The van der Waals surface area contributed by atoms with Gasteiger partial charge in [0.15, 0.2) is 5.78 Å². The van der Waals surface area contributed by atoms with Gasteiger partial charge in [-0.05, 0) is 103 Å². The third kappa shape index (κ3) is 11.8. The molecule has 4 aromatic carbocycles. The minimum atomic E-state index is -0.309. The molecule has 0 amide bonds. The Labute approximate surface area is 262 Å². The van der Waals surface area contributed by atoms with Gasteiger partial charge >= 0.3 is 0 Å². The zero-order valence-electron chi connectivity index (χ0n) is 24.5. The van der Waals surface area contributed by atoms with Gasteiger partial charge in [-0.1, -0.05) is 7.43 Å². The Morgan fingerprint density at radius 1 is 0.778 bits per heavy atom. The van der Waals surface area contributed by atoms with Gasteiger partial charge in [-0.2, -0.15) is 5.10 Å². The highest BCUT2D eigenvalue weighted by Gasteiger charge is 2.05. The fourth-order valence-corrected chi connectivity index (χ4v) is 3.63. The van der Waals surface area contributed by atoms with Crippen molar-refractivity contribution < 1.29 is 23.0 Å². The van der Waals surface area contributed by atoms with Crippen molar-refractivity contribution in [3.63, 3.8) is 0 Å². The van der Waals surface area contributed by atoms with E-state index in [2.05, 4.69) is 10.8 Å². The highest BCUT2D eigenvalue weighted by atomic mass is 19.1. The summed E-state index contributed by atoms with van der Waals surface area (Å²) < 4.78 is 38.6. The molecule has 0 saturated carbocycles. The second kappa shape index (κ2) is 18.0. The number of aryl methyl sites for hydroxylation is 1. The van der Waals surface area contributed by atoms with Gasteiger partial charge in [0.2, 0.25) is 0 Å². The molecule has 0 spiro atoms. The Balaban J connectivity index is 0.000000283. The average molecular weight is 614 g/mol. The number of allylic oxidation sites excluding steroid dienone is 1. The van der Waals surface area contributed by atoms with Crippen molar-refractivity contribution in [1.29, 1.82) is 5.41 Å². The summed E-state index contributed by atoms with van der Waals surface area (Å²) in [4.78, 5) is 13.7. The zero-order chi connectivity index (χ0) is 31.9. The standard InChI is InChI=1S/C17H16FNO2.C16H13FN2O.CH4N2.CH4/c1-19(2)12-11-17(20)13-3-7-15(8-4-13)21-16-9-5-14(18)6-10-16;1-19-16(10-11-18-19)12-2-6-14(7-3-12)20-15-8-4-13(17)5-9-15;2-1-3;/h3-12H,1-2H3;2-11H,1H3;1H,(H3,2,3);1H4. The molecule has 5 aromatic rings. The molecule has 0 bridgehead atoms. The summed E-state index contributed by atoms with van der Waals surface area (Å²) in [5.41, 5.74) is 7.08. The molecule has 0 atom stereocenters. The molecule has 45 heavy (non-hydrogen) atoms. The quantitative estimate of drug-likeness (QED) is 0.0793. The number of halogens is 2. The van der Waals surface area contributed by atoms with E-state index in [-0.39, 0.29) is 24.8 Å². The third-order valence-corrected chi connectivity index (χ3v) is 5.73. The fraction of sp³-hybridized carbons (Fsp3) is 0.114. The molecule has 0 fully saturated rings. The van der Waals surface area contributed by atoms with Gasteiger partial charge in [-0.15, -0.1) is 0 Å². The van der Waals surface area contributed by atoms with Crippen LogP contribution < -0.4 is 15.2 Å². The van der Waals surface area contributed by atoms with Crippen LogP contribution in [0.5, 0.6) is 23.0 Å². The Bertz CT molecular complexity index is 1630. The first-order chi connectivity index (χ1) is 21.2. The van der Waals surface area contributed by atoms with Crippen LogP contribution in [0.1, 0.15) is 17.8 Å². The highest BCUT2D eigenvalue weighted by Crippen LogP contribution is 2.26. The largest absolute Gasteiger partial charge is 0.457 e. The van der Waals surface area contributed by atoms with Crippen LogP contribution in [0.4, 0.5) is 8.78 Å². The first kappa shape index (κ1) is 35.4. The predicted octanol–water partition coefficient (Wildman–Crippen LogP) is 8.08. The number of carbonyl (C=O) groups is 1. The first-order valence-electron chi connectivity index (χ1n) is 13.3. The van der Waals surface area contributed by atoms with E-state index in [1.807, 2.05) is 56.2 Å². The van der Waals surface area contributed by atoms with Crippen molar-refractivity contribution in [1.82, 2.24) is 14.7 Å². The maximum atomic E-state index is 12.8. The van der Waals surface area contributed by atoms with Crippen LogP contribution in [-0.4, -0.2) is 40.9 Å². The molecule has 1 aromatic heterocycles. The summed E-state index contributed by atoms with van der Waals surface area (Å²) in [6.07, 6.45) is 5.72. The molecule has 0 aliphatic carbocycles. The van der Waals surface area contributed by atoms with Gasteiger partial charge in [-0.3, -0.25) is 14.9 Å². The van der Waals surface area contributed by atoms with Crippen molar-refractivity contribution in [3.8, 4) is 34.3 Å². The Hall–Kier alpha value is -5.77. The van der Waals surface area contributed by atoms with E-state index in [1.165, 1.54) is 30.3 Å². The maximum absolute atomic E-state index is 12.8. The number of ether oxygens (including phenoxy) is 2. The van der Waals surface area contributed by atoms with E-state index in [4.69, 9.17) is 14.9 Å². The van der Waals surface area contributed by atoms with E-state index in [0.29, 0.717) is 28.6 Å². The number of ketones is 1. The molecule has 1 heterocycles. The van der Waals surface area contributed by atoms with E-state index in [1.54, 1.807) is 65.8 Å². The maximum Gasteiger partial charge on any atom is 0.187 e. The van der Waals surface area contributed by atoms with E-state index >= 15 is 0 Å². The van der Waals surface area contributed by atoms with Crippen LogP contribution >= 0.6 is 0 Å². The van der Waals surface area contributed by atoms with Gasteiger partial charge in [0.1, 0.15) is 34.6 Å². The van der Waals surface area contributed by atoms with Crippen LogP contribution in [-0.2, 0) is 7.05 Å². The van der Waals surface area contributed by atoms with Crippen LogP contribution in [0.2, 0.25) is 0 Å². The molecule has 3 N–H and O–H groups in total. The zero-order valence-corrected chi connectivity index (χ0v) is 24.5. The van der Waals surface area contributed by atoms with E-state index in [9.17, 15) is 13.6 Å². The lowest BCUT2D eigenvalue weighted by atomic mass is 10.1. The highest BCUT2D eigenvalue weighted by molar-refractivity contribution is 6.04. The van der Waals surface area contributed by atoms with Crippen LogP contribution in [0.3, 0.4) is 0 Å². The van der Waals surface area contributed by atoms with Crippen molar-refractivity contribution in [2.45, 2.75) is 7.43 Å². The van der Waals surface area contributed by atoms with Gasteiger partial charge in [0.25, 0.3) is 0 Å². The summed E-state index contributed by atoms with van der Waals surface area (Å²) in [5.74, 6) is 1.80. The number of benzene rings is 4. The van der Waals surface area contributed by atoms with Crippen molar-refractivity contribution >= 4 is 12.1 Å². The monoisotopic (exact) mass is 613 g/mol. The number of aromatic nitrogens is 2. The lowest BCUT2D eigenvalue weighted by molar-refractivity contribution is 0.104. The van der Waals surface area contributed by atoms with Crippen LogP contribution in [0, 0.1) is 17.0 Å². The normalized spacial score (nSPS) is 9.89. The summed E-state index contributed by atoms with van der Waals surface area (Å²) in [5, 5.41) is 10.0. The molecule has 0 aliphatic rings. The summed E-state index contributed by atoms with van der Waals surface area (Å²) in [7, 11) is 5.60. The topological polar surface area (TPSA) is 106 Å². The Kier molecular flexibility index (Phi) is 14.2. The third-order valence-electron chi connectivity index (χ3n) is 5.73. The lowest BCUT2D eigenvalue weighted by Crippen LogP contribution is -2.03. The molecule has 0 saturated heterocycles. The summed E-state index contributed by atoms with van der Waals surface area (Å²) in [6, 6.07) is 28.2. The van der Waals surface area contributed by atoms with Crippen LogP contribution in [0.25, 0.3) is 11.3 Å². The molecule has 0 aliphatic heterocycles. The predicted molar refractivity (Wildman–Crippen MR) is 175 cm³/mol. The van der Waals surface area contributed by atoms with Gasteiger partial charge in [-0.25, -0.2) is 8.78 Å². The number of rotatable bonds is 8. The molecular formula is C35H37F2N5O3. The molecule has 0 unspecified atom stereocenters. The first-order valence-corrected chi connectivity index (χ1v) is 13.3. The second-order valence-corrected chi connectivity index (χ2v) is 9.31. The number of nitrogens with two attached hydrogens (primary N) is 1. The van der Waals surface area contributed by atoms with Crippen molar-refractivity contribution in [2.24, 2.45) is 12.8 Å². The minimum Gasteiger partial charge on any atom is -0.457 e. The van der Waals surface area contributed by atoms with Gasteiger partial charge < -0.3 is 20.1 Å². The number of nitrogens with one attached hydrogen (secondary N) is 1. The molecule has 10 heteroatoms. The fourth-order valence-electron chi connectivity index (χ4n) is 3.63. The van der Waals surface area contributed by atoms with Gasteiger partial charge in [0, 0.05) is 50.7 Å². The smallest absolute Gasteiger partial charge is 0.187 e. The number of hydrogen-bond acceptors (Lipinski definition) is 6. The molecule has 0 radical (unpaired) electrons. The lowest BCUT2D eigenvalue weighted by Gasteiger charge is -2.07. The minimum absolute atomic E-state index is 0. The Morgan fingerprint density at radius 3 is 1.56 bits per heavy atom. The number of nitrogens with zero attached hydrogens (tertiary/aromatic N) is 3. The van der Waals surface area contributed by atoms with Crippen LogP contribution in [0.15, 0.2) is 122 Å². The molecule has 5 rings (SSSR count). The van der Waals surface area contributed by atoms with Crippen molar-refractivity contribution in [2.75, 3.05) is 14.1 Å². The average Bonchev–Trinajstić information content (AvgIpc) is 3.45. The Morgan fingerprint density at radius 2 is 1.18 bits per heavy atom. The number of hydrogen-bond donors (Lipinski definition) is 2. The molecule has 8 nitrogen and oxygen atoms in total. The SMILES string of the molecule is C.CN(C)C=CC(=O)c1ccc(Oc2ccc(F)cc2)cc1.Cn1nccc1-c1ccc(Oc2ccc(F)cc2)cc1.N=CN. The summed E-state index contributed by atoms with van der Waals surface area (Å²) in [6.45, 7) is 0. The van der Waals surface area contributed by atoms with Gasteiger partial charge in [0.05, 0.1) is 12.0 Å². The van der Waals surface area contributed by atoms with Crippen molar-refractivity contribution in [3.05, 3.63) is 139 Å². The molecule has 234 valence electrons.